The summed E-state index contributed by atoms with van der Waals surface area (Å²) in [4.78, 5) is 24.8. The van der Waals surface area contributed by atoms with Crippen LogP contribution in [0.5, 0.6) is 0 Å². The van der Waals surface area contributed by atoms with Gasteiger partial charge in [-0.3, -0.25) is 0 Å². The Labute approximate surface area is 172 Å². The molecule has 4 nitrogen and oxygen atoms in total. The number of rotatable bonds is 5. The first-order valence-electron chi connectivity index (χ1n) is 9.92. The van der Waals surface area contributed by atoms with Crippen molar-refractivity contribution >= 4 is 28.1 Å². The first kappa shape index (κ1) is 24.2. The van der Waals surface area contributed by atoms with E-state index in [9.17, 15) is 9.59 Å². The molecule has 0 spiro atoms. The summed E-state index contributed by atoms with van der Waals surface area (Å²) in [5.41, 5.74) is 5.80. The highest BCUT2D eigenvalue weighted by Gasteiger charge is 2.32. The van der Waals surface area contributed by atoms with Gasteiger partial charge in [-0.05, 0) is 43.5 Å². The number of hydrogen-bond donors (Lipinski definition) is 0. The van der Waals surface area contributed by atoms with Crippen molar-refractivity contribution in [2.75, 3.05) is 13.2 Å². The minimum atomic E-state index is -1.91. The summed E-state index contributed by atoms with van der Waals surface area (Å²) in [5, 5.41) is 1.05. The van der Waals surface area contributed by atoms with Crippen LogP contribution in [0, 0.1) is 11.5 Å². The molecule has 0 heterocycles. The van der Waals surface area contributed by atoms with Crippen molar-refractivity contribution in [2.45, 2.75) is 66.0 Å². The summed E-state index contributed by atoms with van der Waals surface area (Å²) >= 11 is 0. The van der Waals surface area contributed by atoms with Crippen molar-refractivity contribution in [2.24, 2.45) is 0 Å². The number of esters is 2. The molecule has 28 heavy (non-hydrogen) atoms. The van der Waals surface area contributed by atoms with E-state index in [1.54, 1.807) is 13.8 Å². The summed E-state index contributed by atoms with van der Waals surface area (Å²) < 4.78 is 10.4. The topological polar surface area (TPSA) is 52.6 Å². The number of carbonyl (C=O) groups excluding carboxylic acids is 2. The average molecular weight is 419 g/mol. The Morgan fingerprint density at radius 1 is 1.04 bits per heavy atom. The van der Waals surface area contributed by atoms with Crippen LogP contribution >= 0.6 is 0 Å². The SMILES string of the molecule is CCOC(=O)/C=C1/C=C(C(=O)OCC)C([Si](C)(C)C)=C(C#C[Si](C)(C)C)CC1. The molecule has 1 aliphatic rings. The van der Waals surface area contributed by atoms with Gasteiger partial charge in [0.1, 0.15) is 8.07 Å². The Bertz CT molecular complexity index is 763. The molecule has 0 aromatic rings. The fourth-order valence-electron chi connectivity index (χ4n) is 2.95. The van der Waals surface area contributed by atoms with E-state index in [1.807, 2.05) is 6.08 Å². The zero-order valence-corrected chi connectivity index (χ0v) is 20.6. The van der Waals surface area contributed by atoms with Crippen LogP contribution in [-0.2, 0) is 19.1 Å². The fourth-order valence-corrected chi connectivity index (χ4v) is 5.55. The second kappa shape index (κ2) is 10.1. The Morgan fingerprint density at radius 2 is 1.64 bits per heavy atom. The van der Waals surface area contributed by atoms with E-state index in [-0.39, 0.29) is 11.9 Å². The maximum absolute atomic E-state index is 12.8. The number of hydrogen-bond acceptors (Lipinski definition) is 4. The van der Waals surface area contributed by atoms with Crippen LogP contribution in [0.15, 0.2) is 34.1 Å². The lowest BCUT2D eigenvalue weighted by atomic mass is 10.1. The third kappa shape index (κ3) is 7.65. The normalized spacial score (nSPS) is 16.7. The molecule has 1 rings (SSSR count). The molecule has 6 heteroatoms. The monoisotopic (exact) mass is 418 g/mol. The van der Waals surface area contributed by atoms with E-state index in [4.69, 9.17) is 9.47 Å². The van der Waals surface area contributed by atoms with Gasteiger partial charge in [0.2, 0.25) is 0 Å². The van der Waals surface area contributed by atoms with Gasteiger partial charge in [-0.1, -0.05) is 45.2 Å². The van der Waals surface area contributed by atoms with E-state index in [0.717, 1.165) is 16.3 Å². The molecule has 0 bridgehead atoms. The summed E-state index contributed by atoms with van der Waals surface area (Å²) in [7, 11) is -3.48. The van der Waals surface area contributed by atoms with Crippen LogP contribution in [0.1, 0.15) is 26.7 Å². The minimum absolute atomic E-state index is 0.308. The first-order chi connectivity index (χ1) is 12.9. The molecule has 0 N–H and O–H groups in total. The van der Waals surface area contributed by atoms with Gasteiger partial charge in [-0.25, -0.2) is 9.59 Å². The van der Waals surface area contributed by atoms with Crippen molar-refractivity contribution in [3.8, 4) is 11.5 Å². The number of allylic oxidation sites excluding steroid dienone is 3. The minimum Gasteiger partial charge on any atom is -0.463 e. The predicted octanol–water partition coefficient (Wildman–Crippen LogP) is 4.81. The van der Waals surface area contributed by atoms with E-state index in [2.05, 4.69) is 50.7 Å². The Hall–Kier alpha value is -1.85. The van der Waals surface area contributed by atoms with Gasteiger partial charge < -0.3 is 9.47 Å². The summed E-state index contributed by atoms with van der Waals surface area (Å²) in [5.74, 6) is 2.69. The highest BCUT2D eigenvalue weighted by Crippen LogP contribution is 2.34. The summed E-state index contributed by atoms with van der Waals surface area (Å²) in [6.07, 6.45) is 4.65. The van der Waals surface area contributed by atoms with Crippen molar-refractivity contribution in [1.82, 2.24) is 0 Å². The first-order valence-corrected chi connectivity index (χ1v) is 16.9. The standard InChI is InChI=1S/C22H34O4Si2/c1-9-25-20(23)16-17-11-12-18(13-14-27(3,4)5)21(28(6,7)8)19(15-17)22(24)26-10-2/h15-16H,9-12H2,1-8H3/b17-16+. The van der Waals surface area contributed by atoms with E-state index in [0.29, 0.717) is 31.6 Å². The third-order valence-electron chi connectivity index (χ3n) is 3.99. The zero-order valence-electron chi connectivity index (χ0n) is 18.6. The Morgan fingerprint density at radius 3 is 2.14 bits per heavy atom. The number of ether oxygens (including phenoxy) is 2. The molecule has 0 amide bonds. The van der Waals surface area contributed by atoms with Crippen molar-refractivity contribution < 1.29 is 19.1 Å². The molecule has 154 valence electrons. The molecule has 0 fully saturated rings. The lowest BCUT2D eigenvalue weighted by molar-refractivity contribution is -0.138. The second-order valence-corrected chi connectivity index (χ2v) is 18.6. The molecule has 0 radical (unpaired) electrons. The lowest BCUT2D eigenvalue weighted by Gasteiger charge is -2.24. The molecular formula is C22H34O4Si2. The molecule has 0 aromatic carbocycles. The van der Waals surface area contributed by atoms with Crippen LogP contribution < -0.4 is 0 Å². The van der Waals surface area contributed by atoms with Gasteiger partial charge in [-0.15, -0.1) is 5.54 Å². The average Bonchev–Trinajstić information content (AvgIpc) is 2.72. The second-order valence-electron chi connectivity index (χ2n) is 8.85. The van der Waals surface area contributed by atoms with Crippen LogP contribution in [0.2, 0.25) is 39.3 Å². The largest absolute Gasteiger partial charge is 0.463 e. The van der Waals surface area contributed by atoms with Gasteiger partial charge >= 0.3 is 11.9 Å². The number of carbonyl (C=O) groups is 2. The molecule has 1 aliphatic carbocycles. The Balaban J connectivity index is 3.63. The van der Waals surface area contributed by atoms with Gasteiger partial charge in [0.15, 0.2) is 0 Å². The highest BCUT2D eigenvalue weighted by molar-refractivity contribution is 6.85. The summed E-state index contributed by atoms with van der Waals surface area (Å²) in [6.45, 7) is 17.5. The van der Waals surface area contributed by atoms with Crippen molar-refractivity contribution in [3.05, 3.63) is 34.1 Å². The molecule has 0 unspecified atom stereocenters. The van der Waals surface area contributed by atoms with E-state index < -0.39 is 16.1 Å². The molecule has 0 saturated heterocycles. The maximum atomic E-state index is 12.8. The van der Waals surface area contributed by atoms with Gasteiger partial charge in [0.25, 0.3) is 0 Å². The molecule has 0 aromatic heterocycles. The Kier molecular flexibility index (Phi) is 8.71. The van der Waals surface area contributed by atoms with Crippen LogP contribution in [-0.4, -0.2) is 41.3 Å². The molecular weight excluding hydrogens is 384 g/mol. The van der Waals surface area contributed by atoms with E-state index in [1.165, 1.54) is 6.08 Å². The predicted molar refractivity (Wildman–Crippen MR) is 120 cm³/mol. The van der Waals surface area contributed by atoms with Gasteiger partial charge in [-0.2, -0.15) is 0 Å². The van der Waals surface area contributed by atoms with Gasteiger partial charge in [0.05, 0.1) is 26.9 Å². The van der Waals surface area contributed by atoms with Crippen molar-refractivity contribution in [1.29, 1.82) is 0 Å². The smallest absolute Gasteiger partial charge is 0.338 e. The lowest BCUT2D eigenvalue weighted by Crippen LogP contribution is -2.30. The molecule has 0 saturated carbocycles. The van der Waals surface area contributed by atoms with Gasteiger partial charge in [0, 0.05) is 11.6 Å². The third-order valence-corrected chi connectivity index (χ3v) is 6.93. The quantitative estimate of drug-likeness (QED) is 0.278. The zero-order chi connectivity index (χ0) is 21.5. The van der Waals surface area contributed by atoms with Crippen molar-refractivity contribution in [3.63, 3.8) is 0 Å². The van der Waals surface area contributed by atoms with Crippen LogP contribution in [0.4, 0.5) is 0 Å². The van der Waals surface area contributed by atoms with E-state index >= 15 is 0 Å². The maximum Gasteiger partial charge on any atom is 0.338 e. The molecule has 0 aliphatic heterocycles. The fraction of sp³-hybridized carbons (Fsp3) is 0.545. The summed E-state index contributed by atoms with van der Waals surface area (Å²) in [6, 6.07) is 0. The van der Waals surface area contributed by atoms with Crippen LogP contribution in [0.25, 0.3) is 0 Å². The molecule has 0 atom stereocenters. The van der Waals surface area contributed by atoms with Crippen LogP contribution in [0.3, 0.4) is 0 Å². The highest BCUT2D eigenvalue weighted by atomic mass is 28.3.